The van der Waals surface area contributed by atoms with Crippen LogP contribution < -0.4 is 5.32 Å². The van der Waals surface area contributed by atoms with Gasteiger partial charge in [0, 0.05) is 18.2 Å². The van der Waals surface area contributed by atoms with E-state index in [-0.39, 0.29) is 11.7 Å². The third-order valence-corrected chi connectivity index (χ3v) is 6.52. The van der Waals surface area contributed by atoms with Gasteiger partial charge in [0.05, 0.1) is 5.69 Å². The minimum absolute atomic E-state index is 0.280. The molecule has 0 atom stereocenters. The maximum absolute atomic E-state index is 12.8. The number of amides is 1. The van der Waals surface area contributed by atoms with E-state index in [1.165, 1.54) is 33.4 Å². The first-order valence-corrected chi connectivity index (χ1v) is 10.8. The van der Waals surface area contributed by atoms with Crippen molar-refractivity contribution in [1.82, 2.24) is 9.78 Å². The fraction of sp³-hybridized carbons (Fsp3) is 0.259. The van der Waals surface area contributed by atoms with E-state index >= 15 is 0 Å². The lowest BCUT2D eigenvalue weighted by Crippen LogP contribution is -2.11. The van der Waals surface area contributed by atoms with E-state index in [9.17, 15) is 4.79 Å². The zero-order valence-corrected chi connectivity index (χ0v) is 19.5. The van der Waals surface area contributed by atoms with Crippen molar-refractivity contribution in [3.8, 4) is 5.69 Å². The molecule has 0 aliphatic carbocycles. The summed E-state index contributed by atoms with van der Waals surface area (Å²) in [6.45, 7) is 12.8. The van der Waals surface area contributed by atoms with Crippen molar-refractivity contribution in [2.75, 3.05) is 5.32 Å². The molecule has 0 aliphatic heterocycles. The molecule has 164 valence electrons. The van der Waals surface area contributed by atoms with Crippen molar-refractivity contribution < 1.29 is 9.21 Å². The lowest BCUT2D eigenvalue weighted by Gasteiger charge is -2.18. The molecule has 0 unspecified atom stereocenters. The minimum atomic E-state index is -0.307. The first-order valence-electron chi connectivity index (χ1n) is 10.8. The Hall–Kier alpha value is -3.60. The van der Waals surface area contributed by atoms with E-state index in [1.807, 2.05) is 49.4 Å². The van der Waals surface area contributed by atoms with Gasteiger partial charge in [0.2, 0.25) is 0 Å². The quantitative estimate of drug-likeness (QED) is 0.415. The number of benzene rings is 2. The number of aryl methyl sites for hydroxylation is 1. The zero-order valence-electron chi connectivity index (χ0n) is 19.5. The van der Waals surface area contributed by atoms with Crippen LogP contribution in [0.25, 0.3) is 5.69 Å². The van der Waals surface area contributed by atoms with E-state index in [0.717, 1.165) is 17.1 Å². The molecule has 0 saturated carbocycles. The van der Waals surface area contributed by atoms with Crippen LogP contribution in [0, 0.1) is 41.5 Å². The van der Waals surface area contributed by atoms with Crippen molar-refractivity contribution in [3.05, 3.63) is 99.1 Å². The SMILES string of the molecule is Cc1c(C)c(C)c(Cc2ccc(C(=O)Nc3cc(C)n(-c4ccccc4)n3)o2)c(C)c1C. The van der Waals surface area contributed by atoms with E-state index in [4.69, 9.17) is 4.42 Å². The highest BCUT2D eigenvalue weighted by Crippen LogP contribution is 2.28. The summed E-state index contributed by atoms with van der Waals surface area (Å²) in [7, 11) is 0. The molecule has 32 heavy (non-hydrogen) atoms. The highest BCUT2D eigenvalue weighted by atomic mass is 16.3. The number of hydrogen-bond donors (Lipinski definition) is 1. The molecule has 5 heteroatoms. The molecule has 0 spiro atoms. The molecule has 2 heterocycles. The molecule has 4 aromatic rings. The average molecular weight is 428 g/mol. The number of nitrogens with one attached hydrogen (secondary N) is 1. The molecule has 0 aliphatic rings. The molecule has 0 saturated heterocycles. The highest BCUT2D eigenvalue weighted by Gasteiger charge is 2.17. The molecule has 4 rings (SSSR count). The van der Waals surface area contributed by atoms with Crippen LogP contribution in [0.4, 0.5) is 5.82 Å². The first-order chi connectivity index (χ1) is 15.3. The van der Waals surface area contributed by atoms with Gasteiger partial charge >= 0.3 is 0 Å². The van der Waals surface area contributed by atoms with Gasteiger partial charge in [0.1, 0.15) is 5.76 Å². The Balaban J connectivity index is 1.52. The van der Waals surface area contributed by atoms with Gasteiger partial charge in [-0.05, 0) is 99.2 Å². The smallest absolute Gasteiger partial charge is 0.292 e. The van der Waals surface area contributed by atoms with E-state index in [1.54, 1.807) is 10.7 Å². The Morgan fingerprint density at radius 2 is 1.50 bits per heavy atom. The van der Waals surface area contributed by atoms with Gasteiger partial charge in [0.15, 0.2) is 11.6 Å². The van der Waals surface area contributed by atoms with Gasteiger partial charge in [-0.2, -0.15) is 0 Å². The normalized spacial score (nSPS) is 11.1. The van der Waals surface area contributed by atoms with Crippen molar-refractivity contribution in [2.24, 2.45) is 0 Å². The summed E-state index contributed by atoms with van der Waals surface area (Å²) < 4.78 is 7.72. The summed E-state index contributed by atoms with van der Waals surface area (Å²) in [6.07, 6.45) is 0.661. The summed E-state index contributed by atoms with van der Waals surface area (Å²) in [5.74, 6) is 1.24. The van der Waals surface area contributed by atoms with Crippen LogP contribution in [0.1, 0.15) is 55.4 Å². The second-order valence-electron chi connectivity index (χ2n) is 8.42. The monoisotopic (exact) mass is 427 g/mol. The average Bonchev–Trinajstić information content (AvgIpc) is 3.41. The molecule has 5 nitrogen and oxygen atoms in total. The summed E-state index contributed by atoms with van der Waals surface area (Å²) >= 11 is 0. The minimum Gasteiger partial charge on any atom is -0.456 e. The number of carbonyl (C=O) groups excluding carboxylic acids is 1. The van der Waals surface area contributed by atoms with Crippen molar-refractivity contribution in [2.45, 2.75) is 48.0 Å². The van der Waals surface area contributed by atoms with Crippen molar-refractivity contribution >= 4 is 11.7 Å². The molecular formula is C27H29N3O2. The van der Waals surface area contributed by atoms with Crippen molar-refractivity contribution in [3.63, 3.8) is 0 Å². The topological polar surface area (TPSA) is 60.1 Å². The Kier molecular flexibility index (Phi) is 5.74. The predicted molar refractivity (Wildman–Crippen MR) is 128 cm³/mol. The van der Waals surface area contributed by atoms with Crippen molar-refractivity contribution in [1.29, 1.82) is 0 Å². The van der Waals surface area contributed by atoms with Crippen LogP contribution in [0.5, 0.6) is 0 Å². The number of para-hydroxylation sites is 1. The third kappa shape index (κ3) is 3.98. The number of hydrogen-bond acceptors (Lipinski definition) is 3. The summed E-state index contributed by atoms with van der Waals surface area (Å²) in [5.41, 5.74) is 9.69. The molecule has 0 radical (unpaired) electrons. The summed E-state index contributed by atoms with van der Waals surface area (Å²) in [6, 6.07) is 15.3. The van der Waals surface area contributed by atoms with Crippen LogP contribution in [-0.4, -0.2) is 15.7 Å². The lowest BCUT2D eigenvalue weighted by atomic mass is 9.88. The Bertz CT molecular complexity index is 1270. The second kappa shape index (κ2) is 8.50. The van der Waals surface area contributed by atoms with E-state index in [0.29, 0.717) is 12.2 Å². The second-order valence-corrected chi connectivity index (χ2v) is 8.42. The maximum atomic E-state index is 12.8. The standard InChI is InChI=1S/C27H29N3O2/c1-16-14-26(29-30(16)22-10-8-7-9-11-22)28-27(31)25-13-12-23(32-25)15-24-20(5)18(3)17(2)19(4)21(24)6/h7-14H,15H2,1-6H3,(H,28,29,31). The summed E-state index contributed by atoms with van der Waals surface area (Å²) in [5, 5.41) is 7.36. The molecule has 2 aromatic heterocycles. The number of furan rings is 1. The largest absolute Gasteiger partial charge is 0.456 e. The first kappa shape index (κ1) is 21.6. The molecule has 1 amide bonds. The third-order valence-electron chi connectivity index (χ3n) is 6.52. The zero-order chi connectivity index (χ0) is 23.0. The van der Waals surface area contributed by atoms with Gasteiger partial charge in [-0.25, -0.2) is 4.68 Å². The van der Waals surface area contributed by atoms with Crippen LogP contribution in [-0.2, 0) is 6.42 Å². The number of nitrogens with zero attached hydrogens (tertiary/aromatic N) is 2. The molecule has 1 N–H and O–H groups in total. The molecule has 0 bridgehead atoms. The fourth-order valence-electron chi connectivity index (χ4n) is 4.16. The van der Waals surface area contributed by atoms with Gasteiger partial charge in [-0.15, -0.1) is 5.10 Å². The molecular weight excluding hydrogens is 398 g/mol. The highest BCUT2D eigenvalue weighted by molar-refractivity contribution is 6.01. The number of carbonyl (C=O) groups is 1. The Morgan fingerprint density at radius 3 is 2.16 bits per heavy atom. The van der Waals surface area contributed by atoms with Gasteiger partial charge < -0.3 is 9.73 Å². The summed E-state index contributed by atoms with van der Waals surface area (Å²) in [4.78, 5) is 12.8. The predicted octanol–water partition coefficient (Wildman–Crippen LogP) is 6.16. The van der Waals surface area contributed by atoms with E-state index < -0.39 is 0 Å². The number of aromatic nitrogens is 2. The Labute approximate surface area is 189 Å². The van der Waals surface area contributed by atoms with Gasteiger partial charge in [0.25, 0.3) is 5.91 Å². The maximum Gasteiger partial charge on any atom is 0.292 e. The molecule has 2 aromatic carbocycles. The van der Waals surface area contributed by atoms with Crippen LogP contribution in [0.15, 0.2) is 52.9 Å². The fourth-order valence-corrected chi connectivity index (χ4v) is 4.16. The van der Waals surface area contributed by atoms with Crippen LogP contribution >= 0.6 is 0 Å². The van der Waals surface area contributed by atoms with Gasteiger partial charge in [-0.3, -0.25) is 4.79 Å². The lowest BCUT2D eigenvalue weighted by molar-refractivity contribution is 0.0994. The number of rotatable bonds is 5. The van der Waals surface area contributed by atoms with Crippen LogP contribution in [0.2, 0.25) is 0 Å². The Morgan fingerprint density at radius 1 is 0.875 bits per heavy atom. The van der Waals surface area contributed by atoms with Crippen LogP contribution in [0.3, 0.4) is 0 Å². The number of anilines is 1. The van der Waals surface area contributed by atoms with E-state index in [2.05, 4.69) is 45.0 Å². The molecule has 0 fully saturated rings. The van der Waals surface area contributed by atoms with Gasteiger partial charge in [-0.1, -0.05) is 18.2 Å².